The molecule has 0 saturated carbocycles. The van der Waals surface area contributed by atoms with Gasteiger partial charge in [-0.15, -0.1) is 0 Å². The average Bonchev–Trinajstić information content (AvgIpc) is 2.18. The lowest BCUT2D eigenvalue weighted by Crippen LogP contribution is -2.12. The van der Waals surface area contributed by atoms with E-state index in [1.165, 1.54) is 4.42 Å². The number of nitrogens with zero attached hydrogens (tertiary/aromatic N) is 1. The number of para-hydroxylation sites is 1. The van der Waals surface area contributed by atoms with E-state index < -0.39 is 5.97 Å². The van der Waals surface area contributed by atoms with Crippen molar-refractivity contribution < 1.29 is 9.90 Å². The zero-order valence-electron chi connectivity index (χ0n) is 7.69. The summed E-state index contributed by atoms with van der Waals surface area (Å²) in [7, 11) is 0. The van der Waals surface area contributed by atoms with Gasteiger partial charge in [0.05, 0.1) is 5.69 Å². The van der Waals surface area contributed by atoms with Crippen LogP contribution >= 0.6 is 11.8 Å². The van der Waals surface area contributed by atoms with Crippen LogP contribution in [0.15, 0.2) is 30.3 Å². The van der Waals surface area contributed by atoms with Gasteiger partial charge in [-0.1, -0.05) is 18.2 Å². The third-order valence-corrected chi connectivity index (χ3v) is 2.15. The number of aliphatic carboxylic acids is 1. The largest absolute Gasteiger partial charge is 0.481 e. The number of rotatable bonds is 5. The van der Waals surface area contributed by atoms with E-state index in [-0.39, 0.29) is 6.42 Å². The molecule has 0 fully saturated rings. The standard InChI is InChI=1S/C10H12ClNO2/c11-12(8-4-7-10(13)14)9-5-2-1-3-6-9/h1-3,5-6H,4,7-8H2,(H,13,14). The Morgan fingerprint density at radius 1 is 1.36 bits per heavy atom. The molecule has 0 radical (unpaired) electrons. The maximum atomic E-state index is 10.3. The number of hydrogen-bond acceptors (Lipinski definition) is 2. The van der Waals surface area contributed by atoms with Crippen molar-refractivity contribution in [2.24, 2.45) is 0 Å². The van der Waals surface area contributed by atoms with Gasteiger partial charge in [0.15, 0.2) is 0 Å². The first-order valence-electron chi connectivity index (χ1n) is 4.40. The van der Waals surface area contributed by atoms with Crippen LogP contribution in [-0.2, 0) is 4.79 Å². The van der Waals surface area contributed by atoms with Gasteiger partial charge in [-0.3, -0.25) is 9.21 Å². The van der Waals surface area contributed by atoms with Crippen LogP contribution in [-0.4, -0.2) is 17.6 Å². The molecule has 3 nitrogen and oxygen atoms in total. The molecule has 0 heterocycles. The third-order valence-electron chi connectivity index (χ3n) is 1.78. The molecule has 0 saturated heterocycles. The molecule has 1 aromatic carbocycles. The molecule has 1 aromatic rings. The van der Waals surface area contributed by atoms with Crippen molar-refractivity contribution in [3.8, 4) is 0 Å². The first kappa shape index (κ1) is 10.9. The lowest BCUT2D eigenvalue weighted by Gasteiger charge is -2.14. The van der Waals surface area contributed by atoms with Gasteiger partial charge in [0.1, 0.15) is 0 Å². The Kier molecular flexibility index (Phi) is 4.26. The van der Waals surface area contributed by atoms with E-state index in [4.69, 9.17) is 16.9 Å². The van der Waals surface area contributed by atoms with Gasteiger partial charge in [-0.05, 0) is 18.6 Å². The zero-order chi connectivity index (χ0) is 10.4. The van der Waals surface area contributed by atoms with Gasteiger partial charge in [0.2, 0.25) is 0 Å². The number of carboxylic acids is 1. The molecule has 0 aromatic heterocycles. The quantitative estimate of drug-likeness (QED) is 0.765. The van der Waals surface area contributed by atoms with Gasteiger partial charge in [0.25, 0.3) is 0 Å². The van der Waals surface area contributed by atoms with Gasteiger partial charge < -0.3 is 5.11 Å². The number of hydrogen-bond donors (Lipinski definition) is 1. The summed E-state index contributed by atoms with van der Waals surface area (Å²) < 4.78 is 1.53. The SMILES string of the molecule is O=C(O)CCCN(Cl)c1ccccc1. The third kappa shape index (κ3) is 3.66. The summed E-state index contributed by atoms with van der Waals surface area (Å²) in [5, 5.41) is 8.44. The van der Waals surface area contributed by atoms with Crippen LogP contribution in [0.3, 0.4) is 0 Å². The molecule has 0 aliphatic heterocycles. The molecule has 4 heteroatoms. The minimum absolute atomic E-state index is 0.149. The predicted molar refractivity (Wildman–Crippen MR) is 56.5 cm³/mol. The topological polar surface area (TPSA) is 40.5 Å². The molecular weight excluding hydrogens is 202 g/mol. The molecule has 0 spiro atoms. The highest BCUT2D eigenvalue weighted by atomic mass is 35.5. The van der Waals surface area contributed by atoms with Crippen LogP contribution in [0.4, 0.5) is 5.69 Å². The maximum absolute atomic E-state index is 10.3. The predicted octanol–water partition coefficient (Wildman–Crippen LogP) is 2.51. The van der Waals surface area contributed by atoms with E-state index in [0.717, 1.165) is 5.69 Å². The minimum atomic E-state index is -0.789. The Bertz CT molecular complexity index is 289. The van der Waals surface area contributed by atoms with Gasteiger partial charge >= 0.3 is 5.97 Å². The summed E-state index contributed by atoms with van der Waals surface area (Å²) in [5.41, 5.74) is 0.888. The fraction of sp³-hybridized carbons (Fsp3) is 0.300. The van der Waals surface area contributed by atoms with Crippen LogP contribution in [0.2, 0.25) is 0 Å². The Morgan fingerprint density at radius 2 is 2.00 bits per heavy atom. The molecule has 14 heavy (non-hydrogen) atoms. The van der Waals surface area contributed by atoms with E-state index >= 15 is 0 Å². The lowest BCUT2D eigenvalue weighted by atomic mass is 10.3. The highest BCUT2D eigenvalue weighted by Crippen LogP contribution is 2.15. The molecule has 0 bridgehead atoms. The van der Waals surface area contributed by atoms with Crippen LogP contribution in [0, 0.1) is 0 Å². The summed E-state index contributed by atoms with van der Waals surface area (Å²) in [6, 6.07) is 9.46. The van der Waals surface area contributed by atoms with Gasteiger partial charge in [-0.25, -0.2) is 0 Å². The normalized spacial score (nSPS) is 9.79. The van der Waals surface area contributed by atoms with Crippen LogP contribution in [0.25, 0.3) is 0 Å². The van der Waals surface area contributed by atoms with E-state index in [2.05, 4.69) is 0 Å². The summed E-state index contributed by atoms with van der Waals surface area (Å²) in [5.74, 6) is -0.789. The number of halogens is 1. The van der Waals surface area contributed by atoms with E-state index in [0.29, 0.717) is 13.0 Å². The Balaban J connectivity index is 2.36. The molecule has 0 atom stereocenters. The summed E-state index contributed by atoms with van der Waals surface area (Å²) >= 11 is 5.93. The second kappa shape index (κ2) is 5.50. The molecule has 1 N–H and O–H groups in total. The fourth-order valence-corrected chi connectivity index (χ4v) is 1.32. The lowest BCUT2D eigenvalue weighted by molar-refractivity contribution is -0.137. The molecule has 1 rings (SSSR count). The minimum Gasteiger partial charge on any atom is -0.481 e. The van der Waals surface area contributed by atoms with Crippen molar-refractivity contribution in [2.45, 2.75) is 12.8 Å². The Hall–Kier alpha value is -1.22. The number of carboxylic acid groups (broad SMARTS) is 1. The molecular formula is C10H12ClNO2. The van der Waals surface area contributed by atoms with Gasteiger partial charge in [0, 0.05) is 24.7 Å². The molecule has 0 amide bonds. The smallest absolute Gasteiger partial charge is 0.303 e. The second-order valence-electron chi connectivity index (χ2n) is 2.92. The zero-order valence-corrected chi connectivity index (χ0v) is 8.44. The Labute approximate surface area is 88.0 Å². The number of carbonyl (C=O) groups is 1. The van der Waals surface area contributed by atoms with Crippen molar-refractivity contribution in [1.82, 2.24) is 0 Å². The number of benzene rings is 1. The Morgan fingerprint density at radius 3 is 2.57 bits per heavy atom. The second-order valence-corrected chi connectivity index (χ2v) is 3.33. The molecule has 0 unspecified atom stereocenters. The van der Waals surface area contributed by atoms with Crippen molar-refractivity contribution >= 4 is 23.4 Å². The van der Waals surface area contributed by atoms with E-state index in [9.17, 15) is 4.79 Å². The number of anilines is 1. The van der Waals surface area contributed by atoms with Gasteiger partial charge in [-0.2, -0.15) is 0 Å². The highest BCUT2D eigenvalue weighted by molar-refractivity contribution is 6.25. The van der Waals surface area contributed by atoms with E-state index in [1.54, 1.807) is 0 Å². The van der Waals surface area contributed by atoms with Crippen molar-refractivity contribution in [3.63, 3.8) is 0 Å². The molecule has 0 aliphatic rings. The fourth-order valence-electron chi connectivity index (χ4n) is 1.09. The molecule has 76 valence electrons. The van der Waals surface area contributed by atoms with Crippen LogP contribution in [0.1, 0.15) is 12.8 Å². The van der Waals surface area contributed by atoms with Crippen molar-refractivity contribution in [3.05, 3.63) is 30.3 Å². The monoisotopic (exact) mass is 213 g/mol. The summed E-state index contributed by atoms with van der Waals surface area (Å²) in [4.78, 5) is 10.3. The summed E-state index contributed by atoms with van der Waals surface area (Å²) in [6.07, 6.45) is 0.698. The van der Waals surface area contributed by atoms with Crippen molar-refractivity contribution in [2.75, 3.05) is 11.0 Å². The van der Waals surface area contributed by atoms with Crippen molar-refractivity contribution in [1.29, 1.82) is 0 Å². The van der Waals surface area contributed by atoms with Crippen LogP contribution in [0.5, 0.6) is 0 Å². The van der Waals surface area contributed by atoms with Crippen LogP contribution < -0.4 is 4.42 Å². The average molecular weight is 214 g/mol. The highest BCUT2D eigenvalue weighted by Gasteiger charge is 2.03. The maximum Gasteiger partial charge on any atom is 0.303 e. The van der Waals surface area contributed by atoms with E-state index in [1.807, 2.05) is 30.3 Å². The first-order valence-corrected chi connectivity index (χ1v) is 4.74. The molecule has 0 aliphatic carbocycles. The summed E-state index contributed by atoms with van der Waals surface area (Å²) in [6.45, 7) is 0.540. The first-order chi connectivity index (χ1) is 6.70.